The van der Waals surface area contributed by atoms with E-state index in [0.29, 0.717) is 5.69 Å². The Morgan fingerprint density at radius 3 is 2.61 bits per heavy atom. The quantitative estimate of drug-likeness (QED) is 0.883. The minimum absolute atomic E-state index is 0.0817. The molecule has 0 atom stereocenters. The maximum absolute atomic E-state index is 12.0. The van der Waals surface area contributed by atoms with Crippen molar-refractivity contribution in [3.8, 4) is 0 Å². The highest BCUT2D eigenvalue weighted by Crippen LogP contribution is 2.16. The number of nitrogens with two attached hydrogens (primary N) is 1. The number of nitrogens with one attached hydrogen (secondary N) is 1. The van der Waals surface area contributed by atoms with Gasteiger partial charge in [-0.05, 0) is 36.8 Å². The molecule has 0 amide bonds. The van der Waals surface area contributed by atoms with Crippen LogP contribution in [0.25, 0.3) is 0 Å². The minimum atomic E-state index is -3.61. The van der Waals surface area contributed by atoms with Crippen LogP contribution < -0.4 is 10.5 Å². The molecule has 0 unspecified atom stereocenters. The van der Waals surface area contributed by atoms with Crippen LogP contribution in [0.3, 0.4) is 0 Å². The Kier molecular flexibility index (Phi) is 3.20. The van der Waals surface area contributed by atoms with E-state index in [0.717, 1.165) is 5.56 Å². The van der Waals surface area contributed by atoms with E-state index in [1.54, 1.807) is 18.2 Å². The van der Waals surface area contributed by atoms with E-state index in [1.165, 1.54) is 18.3 Å². The Balaban J connectivity index is 2.30. The first-order valence-electron chi connectivity index (χ1n) is 5.28. The second-order valence-electron chi connectivity index (χ2n) is 3.89. The first-order chi connectivity index (χ1) is 8.47. The molecule has 94 valence electrons. The average Bonchev–Trinajstić information content (AvgIpc) is 2.29. The van der Waals surface area contributed by atoms with Gasteiger partial charge in [-0.25, -0.2) is 13.4 Å². The average molecular weight is 263 g/mol. The number of nitrogen functional groups attached to an aromatic ring is 1. The van der Waals surface area contributed by atoms with Gasteiger partial charge in [-0.3, -0.25) is 4.72 Å². The lowest BCUT2D eigenvalue weighted by Crippen LogP contribution is -2.13. The number of hydrogen-bond acceptors (Lipinski definition) is 4. The molecule has 5 nitrogen and oxygen atoms in total. The molecule has 1 aromatic heterocycles. The second kappa shape index (κ2) is 4.66. The van der Waals surface area contributed by atoms with Crippen LogP contribution >= 0.6 is 0 Å². The first kappa shape index (κ1) is 12.4. The normalized spacial score (nSPS) is 11.2. The smallest absolute Gasteiger partial charge is 0.263 e. The molecule has 0 aliphatic rings. The van der Waals surface area contributed by atoms with Gasteiger partial charge in [0, 0.05) is 11.9 Å². The zero-order chi connectivity index (χ0) is 13.2. The van der Waals surface area contributed by atoms with E-state index in [4.69, 9.17) is 5.73 Å². The van der Waals surface area contributed by atoms with Gasteiger partial charge < -0.3 is 5.73 Å². The molecular formula is C12H13N3O2S. The number of rotatable bonds is 3. The molecule has 0 saturated heterocycles. The van der Waals surface area contributed by atoms with Crippen molar-refractivity contribution in [2.45, 2.75) is 11.8 Å². The van der Waals surface area contributed by atoms with Crippen LogP contribution in [0.15, 0.2) is 47.5 Å². The molecule has 0 saturated carbocycles. The van der Waals surface area contributed by atoms with E-state index in [2.05, 4.69) is 9.71 Å². The van der Waals surface area contributed by atoms with Crippen LogP contribution in [0, 0.1) is 6.92 Å². The third-order valence-corrected chi connectivity index (χ3v) is 3.71. The lowest BCUT2D eigenvalue weighted by molar-refractivity contribution is 0.601. The maximum atomic E-state index is 12.0. The van der Waals surface area contributed by atoms with Gasteiger partial charge in [0.1, 0.15) is 10.7 Å². The summed E-state index contributed by atoms with van der Waals surface area (Å²) in [5.74, 6) is 0.282. The Bertz CT molecular complexity index is 651. The van der Waals surface area contributed by atoms with Crippen molar-refractivity contribution >= 4 is 21.5 Å². The van der Waals surface area contributed by atoms with Crippen LogP contribution in [0.5, 0.6) is 0 Å². The summed E-state index contributed by atoms with van der Waals surface area (Å²) in [6.07, 6.45) is 1.23. The van der Waals surface area contributed by atoms with Crippen LogP contribution in [-0.2, 0) is 10.0 Å². The number of nitrogens with zero attached hydrogens (tertiary/aromatic N) is 1. The van der Waals surface area contributed by atoms with Crippen molar-refractivity contribution in [1.82, 2.24) is 4.98 Å². The topological polar surface area (TPSA) is 85.1 Å². The van der Waals surface area contributed by atoms with E-state index < -0.39 is 10.0 Å². The number of aromatic nitrogens is 1. The molecule has 0 spiro atoms. The van der Waals surface area contributed by atoms with Crippen molar-refractivity contribution in [1.29, 1.82) is 0 Å². The molecule has 2 aromatic rings. The predicted octanol–water partition coefficient (Wildman–Crippen LogP) is 1.77. The van der Waals surface area contributed by atoms with Gasteiger partial charge in [0.25, 0.3) is 10.0 Å². The summed E-state index contributed by atoms with van der Waals surface area (Å²) < 4.78 is 26.6. The highest BCUT2D eigenvalue weighted by molar-refractivity contribution is 7.92. The summed E-state index contributed by atoms with van der Waals surface area (Å²) >= 11 is 0. The first-order valence-corrected chi connectivity index (χ1v) is 6.77. The fourth-order valence-electron chi connectivity index (χ4n) is 1.47. The maximum Gasteiger partial charge on any atom is 0.263 e. The van der Waals surface area contributed by atoms with Crippen LogP contribution in [0.2, 0.25) is 0 Å². The van der Waals surface area contributed by atoms with E-state index in [-0.39, 0.29) is 10.7 Å². The van der Waals surface area contributed by atoms with Gasteiger partial charge >= 0.3 is 0 Å². The summed E-state index contributed by atoms with van der Waals surface area (Å²) in [4.78, 5) is 3.84. The summed E-state index contributed by atoms with van der Waals surface area (Å²) in [5, 5.41) is 0. The Morgan fingerprint density at radius 2 is 2.00 bits per heavy atom. The van der Waals surface area contributed by atoms with E-state index in [9.17, 15) is 8.42 Å². The molecule has 0 fully saturated rings. The summed E-state index contributed by atoms with van der Waals surface area (Å²) in [6, 6.07) is 9.99. The summed E-state index contributed by atoms with van der Waals surface area (Å²) in [7, 11) is -3.61. The summed E-state index contributed by atoms with van der Waals surface area (Å²) in [6.45, 7) is 1.89. The molecule has 1 aromatic carbocycles. The van der Waals surface area contributed by atoms with Gasteiger partial charge in [-0.1, -0.05) is 12.1 Å². The third kappa shape index (κ3) is 2.78. The Hall–Kier alpha value is -2.08. The number of hydrogen-bond donors (Lipinski definition) is 2. The highest BCUT2D eigenvalue weighted by Gasteiger charge is 2.14. The SMILES string of the molecule is Cc1cccc(NS(=O)(=O)c2ccc(N)nc2)c1. The van der Waals surface area contributed by atoms with Gasteiger partial charge in [0.05, 0.1) is 0 Å². The predicted molar refractivity (Wildman–Crippen MR) is 70.6 cm³/mol. The second-order valence-corrected chi connectivity index (χ2v) is 5.58. The molecule has 0 aliphatic carbocycles. The molecule has 0 radical (unpaired) electrons. The summed E-state index contributed by atoms with van der Waals surface area (Å²) in [5.41, 5.74) is 6.91. The Labute approximate surface area is 106 Å². The standard InChI is InChI=1S/C12H13N3O2S/c1-9-3-2-4-10(7-9)15-18(16,17)11-5-6-12(13)14-8-11/h2-8,15H,1H3,(H2,13,14). The zero-order valence-electron chi connectivity index (χ0n) is 9.79. The van der Waals surface area contributed by atoms with Crippen LogP contribution in [0.1, 0.15) is 5.56 Å². The van der Waals surface area contributed by atoms with Crippen LogP contribution in [0.4, 0.5) is 11.5 Å². The molecule has 3 N–H and O–H groups in total. The van der Waals surface area contributed by atoms with Crippen LogP contribution in [-0.4, -0.2) is 13.4 Å². The molecular weight excluding hydrogens is 250 g/mol. The molecule has 0 aliphatic heterocycles. The number of anilines is 2. The number of sulfonamides is 1. The molecule has 18 heavy (non-hydrogen) atoms. The number of pyridine rings is 1. The van der Waals surface area contributed by atoms with Gasteiger partial charge in [-0.2, -0.15) is 0 Å². The van der Waals surface area contributed by atoms with Crippen molar-refractivity contribution in [2.24, 2.45) is 0 Å². The number of aryl methyl sites for hydroxylation is 1. The van der Waals surface area contributed by atoms with Crippen molar-refractivity contribution in [3.05, 3.63) is 48.2 Å². The third-order valence-electron chi connectivity index (χ3n) is 2.34. The fourth-order valence-corrected chi connectivity index (χ4v) is 2.47. The van der Waals surface area contributed by atoms with Gasteiger partial charge in [0.2, 0.25) is 0 Å². The van der Waals surface area contributed by atoms with Crippen molar-refractivity contribution in [2.75, 3.05) is 10.5 Å². The molecule has 6 heteroatoms. The highest BCUT2D eigenvalue weighted by atomic mass is 32.2. The lowest BCUT2D eigenvalue weighted by Gasteiger charge is -2.08. The van der Waals surface area contributed by atoms with E-state index >= 15 is 0 Å². The fraction of sp³-hybridized carbons (Fsp3) is 0.0833. The molecule has 0 bridgehead atoms. The van der Waals surface area contributed by atoms with E-state index in [1.807, 2.05) is 13.0 Å². The van der Waals surface area contributed by atoms with Crippen molar-refractivity contribution in [3.63, 3.8) is 0 Å². The zero-order valence-corrected chi connectivity index (χ0v) is 10.6. The van der Waals surface area contributed by atoms with Crippen molar-refractivity contribution < 1.29 is 8.42 Å². The lowest BCUT2D eigenvalue weighted by atomic mass is 10.2. The number of benzene rings is 1. The molecule has 1 heterocycles. The Morgan fingerprint density at radius 1 is 1.22 bits per heavy atom. The molecule has 2 rings (SSSR count). The monoisotopic (exact) mass is 263 g/mol. The van der Waals surface area contributed by atoms with Gasteiger partial charge in [0.15, 0.2) is 0 Å². The minimum Gasteiger partial charge on any atom is -0.384 e. The largest absolute Gasteiger partial charge is 0.384 e. The van der Waals surface area contributed by atoms with Gasteiger partial charge in [-0.15, -0.1) is 0 Å².